The molecule has 0 saturated heterocycles. The lowest BCUT2D eigenvalue weighted by atomic mass is 10.2. The molecule has 3 aromatic carbocycles. The molecule has 0 saturated carbocycles. The van der Waals surface area contributed by atoms with Gasteiger partial charge in [-0.2, -0.15) is 0 Å². The van der Waals surface area contributed by atoms with Crippen LogP contribution in [0.3, 0.4) is 0 Å². The van der Waals surface area contributed by atoms with Crippen LogP contribution in [0.5, 0.6) is 23.0 Å². The second-order valence-corrected chi connectivity index (χ2v) is 9.47. The van der Waals surface area contributed by atoms with Crippen molar-refractivity contribution in [2.45, 2.75) is 71.6 Å². The van der Waals surface area contributed by atoms with Crippen molar-refractivity contribution in [3.63, 3.8) is 0 Å². The molecule has 3 aromatic rings. The minimum absolute atomic E-state index is 0.354. The summed E-state index contributed by atoms with van der Waals surface area (Å²) < 4.78 is 22.4. The number of hydrogen-bond donors (Lipinski definition) is 0. The van der Waals surface area contributed by atoms with Crippen LogP contribution in [0.4, 0.5) is 0 Å². The summed E-state index contributed by atoms with van der Waals surface area (Å²) >= 11 is 0. The number of ether oxygens (including phenoxy) is 4. The first-order chi connectivity index (χ1) is 19.1. The summed E-state index contributed by atoms with van der Waals surface area (Å²) in [5.41, 5.74) is 0.849. The Kier molecular flexibility index (Phi) is 12.9. The Bertz CT molecular complexity index is 1120. The summed E-state index contributed by atoms with van der Waals surface area (Å²) in [6.07, 6.45) is 10.5. The normalized spacial score (nSPS) is 10.6. The van der Waals surface area contributed by atoms with E-state index in [2.05, 4.69) is 13.8 Å². The minimum Gasteiger partial charge on any atom is -0.494 e. The quantitative estimate of drug-likeness (QED) is 0.0987. The van der Waals surface area contributed by atoms with Gasteiger partial charge in [-0.1, -0.05) is 58.8 Å². The SMILES string of the molecule is CCCCCCCOc1ccc(C(=O)Oc2ccc(OC(=O)c3ccc(OCCCCCC)cc3)cc2)cc1. The van der Waals surface area contributed by atoms with Gasteiger partial charge in [-0.25, -0.2) is 9.59 Å². The molecule has 0 amide bonds. The second kappa shape index (κ2) is 16.9. The van der Waals surface area contributed by atoms with Crippen molar-refractivity contribution in [2.75, 3.05) is 13.2 Å². The number of benzene rings is 3. The fraction of sp³-hybridized carbons (Fsp3) is 0.394. The Morgan fingerprint density at radius 1 is 0.462 bits per heavy atom. The first-order valence-electron chi connectivity index (χ1n) is 14.1. The van der Waals surface area contributed by atoms with Gasteiger partial charge in [0.1, 0.15) is 23.0 Å². The number of unbranched alkanes of at least 4 members (excludes halogenated alkanes) is 7. The van der Waals surface area contributed by atoms with Crippen LogP contribution in [0.15, 0.2) is 72.8 Å². The molecule has 0 heterocycles. The molecule has 6 nitrogen and oxygen atoms in total. The van der Waals surface area contributed by atoms with Gasteiger partial charge in [0.2, 0.25) is 0 Å². The number of rotatable bonds is 17. The third-order valence-corrected chi connectivity index (χ3v) is 6.21. The average Bonchev–Trinajstić information content (AvgIpc) is 2.96. The van der Waals surface area contributed by atoms with Crippen LogP contribution in [0.25, 0.3) is 0 Å². The number of hydrogen-bond acceptors (Lipinski definition) is 6. The van der Waals surface area contributed by atoms with Crippen LogP contribution >= 0.6 is 0 Å². The van der Waals surface area contributed by atoms with Crippen LogP contribution < -0.4 is 18.9 Å². The smallest absolute Gasteiger partial charge is 0.343 e. The maximum absolute atomic E-state index is 12.5. The fourth-order valence-corrected chi connectivity index (χ4v) is 3.90. The molecule has 0 spiro atoms. The van der Waals surface area contributed by atoms with Crippen LogP contribution in [0.2, 0.25) is 0 Å². The highest BCUT2D eigenvalue weighted by molar-refractivity contribution is 5.92. The molecular formula is C33H40O6. The van der Waals surface area contributed by atoms with Gasteiger partial charge in [0, 0.05) is 0 Å². The maximum Gasteiger partial charge on any atom is 0.343 e. The zero-order valence-corrected chi connectivity index (χ0v) is 23.2. The average molecular weight is 533 g/mol. The third kappa shape index (κ3) is 10.8. The predicted molar refractivity (Wildman–Crippen MR) is 153 cm³/mol. The minimum atomic E-state index is -0.475. The molecule has 0 unspecified atom stereocenters. The lowest BCUT2D eigenvalue weighted by Crippen LogP contribution is -2.09. The van der Waals surface area contributed by atoms with Gasteiger partial charge in [-0.3, -0.25) is 0 Å². The number of carbonyl (C=O) groups is 2. The lowest BCUT2D eigenvalue weighted by molar-refractivity contribution is 0.0719. The van der Waals surface area contributed by atoms with Gasteiger partial charge in [0.25, 0.3) is 0 Å². The zero-order valence-electron chi connectivity index (χ0n) is 23.2. The molecule has 0 atom stereocenters. The van der Waals surface area contributed by atoms with E-state index in [1.165, 1.54) is 32.1 Å². The highest BCUT2D eigenvalue weighted by Crippen LogP contribution is 2.21. The first-order valence-corrected chi connectivity index (χ1v) is 14.1. The lowest BCUT2D eigenvalue weighted by Gasteiger charge is -2.09. The Hall–Kier alpha value is -3.80. The molecule has 208 valence electrons. The van der Waals surface area contributed by atoms with Gasteiger partial charge in [-0.05, 0) is 85.6 Å². The van der Waals surface area contributed by atoms with E-state index in [0.29, 0.717) is 35.8 Å². The summed E-state index contributed by atoms with van der Waals surface area (Å²) in [6, 6.07) is 20.2. The Labute approximate surface area is 232 Å². The molecule has 0 aliphatic carbocycles. The Morgan fingerprint density at radius 2 is 0.795 bits per heavy atom. The van der Waals surface area contributed by atoms with Crippen molar-refractivity contribution in [1.82, 2.24) is 0 Å². The van der Waals surface area contributed by atoms with E-state index in [-0.39, 0.29) is 0 Å². The van der Waals surface area contributed by atoms with E-state index in [4.69, 9.17) is 18.9 Å². The maximum atomic E-state index is 12.5. The zero-order chi connectivity index (χ0) is 27.7. The van der Waals surface area contributed by atoms with Crippen molar-refractivity contribution < 1.29 is 28.5 Å². The van der Waals surface area contributed by atoms with Crippen molar-refractivity contribution in [2.24, 2.45) is 0 Å². The van der Waals surface area contributed by atoms with E-state index >= 15 is 0 Å². The monoisotopic (exact) mass is 532 g/mol. The van der Waals surface area contributed by atoms with E-state index in [9.17, 15) is 9.59 Å². The van der Waals surface area contributed by atoms with Gasteiger partial charge in [0.15, 0.2) is 0 Å². The van der Waals surface area contributed by atoms with Crippen molar-refractivity contribution in [3.05, 3.63) is 83.9 Å². The van der Waals surface area contributed by atoms with Crippen molar-refractivity contribution >= 4 is 11.9 Å². The van der Waals surface area contributed by atoms with Gasteiger partial charge in [0.05, 0.1) is 24.3 Å². The number of esters is 2. The molecule has 0 aliphatic heterocycles. The summed E-state index contributed by atoms with van der Waals surface area (Å²) in [5.74, 6) is 1.22. The largest absolute Gasteiger partial charge is 0.494 e. The Balaban J connectivity index is 1.42. The van der Waals surface area contributed by atoms with Gasteiger partial charge >= 0.3 is 11.9 Å². The molecule has 0 aromatic heterocycles. The van der Waals surface area contributed by atoms with Gasteiger partial charge < -0.3 is 18.9 Å². The highest BCUT2D eigenvalue weighted by Gasteiger charge is 2.12. The number of carbonyl (C=O) groups excluding carboxylic acids is 2. The van der Waals surface area contributed by atoms with Crippen LogP contribution in [-0.4, -0.2) is 25.2 Å². The predicted octanol–water partition coefficient (Wildman–Crippen LogP) is 8.43. The molecular weight excluding hydrogens is 492 g/mol. The summed E-state index contributed by atoms with van der Waals surface area (Å²) in [5, 5.41) is 0. The van der Waals surface area contributed by atoms with E-state index in [0.717, 1.165) is 37.2 Å². The van der Waals surface area contributed by atoms with Crippen LogP contribution in [0.1, 0.15) is 92.4 Å². The van der Waals surface area contributed by atoms with Crippen LogP contribution in [0, 0.1) is 0 Å². The molecule has 0 N–H and O–H groups in total. The van der Waals surface area contributed by atoms with E-state index < -0.39 is 11.9 Å². The van der Waals surface area contributed by atoms with Gasteiger partial charge in [-0.15, -0.1) is 0 Å². The topological polar surface area (TPSA) is 71.1 Å². The first kappa shape index (κ1) is 29.8. The molecule has 3 rings (SSSR count). The standard InChI is InChI=1S/C33H40O6/c1-3-5-7-9-11-25-37-29-18-14-27(15-19-29)33(35)39-31-22-20-30(21-23-31)38-32(34)26-12-16-28(17-13-26)36-24-10-8-6-4-2/h12-23H,3-11,24-25H2,1-2H3. The van der Waals surface area contributed by atoms with Crippen molar-refractivity contribution in [3.8, 4) is 23.0 Å². The molecule has 0 radical (unpaired) electrons. The fourth-order valence-electron chi connectivity index (χ4n) is 3.90. The Morgan fingerprint density at radius 3 is 1.18 bits per heavy atom. The summed E-state index contributed by atoms with van der Waals surface area (Å²) in [4.78, 5) is 25.0. The van der Waals surface area contributed by atoms with Crippen LogP contribution in [-0.2, 0) is 0 Å². The second-order valence-electron chi connectivity index (χ2n) is 9.47. The molecule has 6 heteroatoms. The summed E-state index contributed by atoms with van der Waals surface area (Å²) in [6.45, 7) is 5.71. The highest BCUT2D eigenvalue weighted by atomic mass is 16.5. The molecule has 0 aliphatic rings. The van der Waals surface area contributed by atoms with E-state index in [1.54, 1.807) is 72.8 Å². The summed E-state index contributed by atoms with van der Waals surface area (Å²) in [7, 11) is 0. The molecule has 39 heavy (non-hydrogen) atoms. The molecule has 0 fully saturated rings. The third-order valence-electron chi connectivity index (χ3n) is 6.21. The van der Waals surface area contributed by atoms with E-state index in [1.807, 2.05) is 0 Å². The molecule has 0 bridgehead atoms. The van der Waals surface area contributed by atoms with Crippen molar-refractivity contribution in [1.29, 1.82) is 0 Å².